The number of carboxylic acid groups (broad SMARTS) is 1. The number of fused-ring (bicyclic) bond motifs is 1. The molecule has 0 aromatic heterocycles. The van der Waals surface area contributed by atoms with Gasteiger partial charge in [0.2, 0.25) is 0 Å². The molecule has 0 bridgehead atoms. The van der Waals surface area contributed by atoms with Crippen LogP contribution in [0.1, 0.15) is 10.4 Å². The Morgan fingerprint density at radius 2 is 0.984 bits per heavy atom. The summed E-state index contributed by atoms with van der Waals surface area (Å²) in [5.74, 6) is -2.64. The number of carboxylic acids is 1. The Bertz CT molecular complexity index is 2930. The number of phenols is 2. The van der Waals surface area contributed by atoms with Crippen molar-refractivity contribution in [3.8, 4) is 11.5 Å². The quantitative estimate of drug-likeness (QED) is 0.0367. The van der Waals surface area contributed by atoms with Crippen molar-refractivity contribution in [2.24, 2.45) is 30.7 Å². The van der Waals surface area contributed by atoms with E-state index in [0.717, 1.165) is 18.2 Å². The van der Waals surface area contributed by atoms with Crippen LogP contribution < -0.4 is 105 Å². The van der Waals surface area contributed by atoms with E-state index in [1.54, 1.807) is 42.5 Å². The minimum Gasteiger partial charge on any atom is -0.507 e. The van der Waals surface area contributed by atoms with Crippen LogP contribution in [0.15, 0.2) is 150 Å². The molecule has 0 unspecified atom stereocenters. The maximum Gasteiger partial charge on any atom is 1.00 e. The van der Waals surface area contributed by atoms with E-state index < -0.39 is 70.6 Å². The summed E-state index contributed by atoms with van der Waals surface area (Å²) >= 11 is 0. The molecule has 6 rings (SSSR count). The Kier molecular flexibility index (Phi) is 17.8. The number of nitrogens with zero attached hydrogens (tertiary/aromatic N) is 6. The minimum atomic E-state index is -5.10. The standard InChI is InChI=1S/C36H27N9O11S2.3Na/c37-31-30-19(17-29(58(54,55)56)33(34(30)47)45-41-22-4-2-1-3-5-22)16-28(57(51,52)53)32(31)44-42-24-12-8-21(9-13-24)39-36(50)38-20-6-10-23(11-7-20)40-43-25-14-15-27(46)26(18-25)35(48)49;;;/h1-18,46-47H,37H2,(H,48,49)(H2,38,39,50)(H,51,52,53)(H,54,55,56);;;/q;3*+1. The Labute approximate surface area is 412 Å². The zero-order valence-electron chi connectivity index (χ0n) is 32.2. The summed E-state index contributed by atoms with van der Waals surface area (Å²) in [5, 5.41) is 58.1. The number of nitrogens with two attached hydrogens (primary N) is 1. The van der Waals surface area contributed by atoms with Crippen LogP contribution in [0, 0.1) is 0 Å². The third-order valence-electron chi connectivity index (χ3n) is 7.90. The van der Waals surface area contributed by atoms with E-state index in [2.05, 4.69) is 41.3 Å². The van der Waals surface area contributed by atoms with Crippen molar-refractivity contribution in [3.63, 3.8) is 0 Å². The van der Waals surface area contributed by atoms with Crippen LogP contribution in [0.3, 0.4) is 0 Å². The molecule has 0 aliphatic heterocycles. The molecule has 6 aromatic rings. The Balaban J connectivity index is 0.00000331. The van der Waals surface area contributed by atoms with E-state index in [-0.39, 0.29) is 122 Å². The average molecular weight is 895 g/mol. The van der Waals surface area contributed by atoms with Crippen molar-refractivity contribution in [1.82, 2.24) is 0 Å². The number of hydrogen-bond acceptors (Lipinski definition) is 15. The molecular formula is C36H27N9Na3O11S2+3. The van der Waals surface area contributed by atoms with Crippen LogP contribution in [0.25, 0.3) is 10.8 Å². The molecule has 0 heterocycles. The van der Waals surface area contributed by atoms with Crippen molar-refractivity contribution in [3.05, 3.63) is 115 Å². The molecule has 0 atom stereocenters. The molecule has 61 heavy (non-hydrogen) atoms. The van der Waals surface area contributed by atoms with Crippen LogP contribution in [0.5, 0.6) is 11.5 Å². The SMILES string of the molecule is Nc1c(N=Nc2ccc(NC(=O)Nc3ccc(N=Nc4ccc(O)c(C(=O)O)c4)cc3)cc2)c(S(=O)(=O)O)cc2cc(S(=O)(=O)O)c(N=Nc3ccccc3)c(O)c12.[Na+].[Na+].[Na+]. The number of aromatic carboxylic acids is 1. The number of phenolic OH excluding ortho intramolecular Hbond substituents is 1. The largest absolute Gasteiger partial charge is 1.00 e. The van der Waals surface area contributed by atoms with Crippen molar-refractivity contribution in [2.45, 2.75) is 9.79 Å². The van der Waals surface area contributed by atoms with Crippen LogP contribution in [-0.4, -0.2) is 53.3 Å². The third-order valence-corrected chi connectivity index (χ3v) is 9.63. The molecule has 6 aromatic carbocycles. The second kappa shape index (κ2) is 21.4. The van der Waals surface area contributed by atoms with Gasteiger partial charge in [-0.05, 0) is 96.4 Å². The fourth-order valence-electron chi connectivity index (χ4n) is 5.20. The molecule has 0 aliphatic carbocycles. The summed E-state index contributed by atoms with van der Waals surface area (Å²) < 4.78 is 69.3. The summed E-state index contributed by atoms with van der Waals surface area (Å²) in [6.45, 7) is 0. The maximum absolute atomic E-state index is 12.7. The van der Waals surface area contributed by atoms with Gasteiger partial charge in [-0.1, -0.05) is 18.2 Å². The summed E-state index contributed by atoms with van der Waals surface area (Å²) in [7, 11) is -10.2. The molecule has 0 spiro atoms. The number of nitrogen functional groups attached to an aromatic ring is 1. The molecule has 0 saturated heterocycles. The Morgan fingerprint density at radius 1 is 0.557 bits per heavy atom. The summed E-state index contributed by atoms with van der Waals surface area (Å²) in [6, 6.07) is 24.5. The van der Waals surface area contributed by atoms with Crippen LogP contribution in [0.4, 0.5) is 56.0 Å². The predicted molar refractivity (Wildman–Crippen MR) is 209 cm³/mol. The first-order valence-corrected chi connectivity index (χ1v) is 19.1. The number of rotatable bonds is 11. The number of amides is 2. The van der Waals surface area contributed by atoms with Crippen LogP contribution in [0.2, 0.25) is 0 Å². The topological polar surface area (TPSA) is 328 Å². The zero-order valence-corrected chi connectivity index (χ0v) is 39.8. The summed E-state index contributed by atoms with van der Waals surface area (Å²) in [4.78, 5) is 22.0. The average Bonchev–Trinajstić information content (AvgIpc) is 3.17. The summed E-state index contributed by atoms with van der Waals surface area (Å²) in [6.07, 6.45) is 0. The maximum atomic E-state index is 12.7. The van der Waals surface area contributed by atoms with Gasteiger partial charge < -0.3 is 31.7 Å². The third kappa shape index (κ3) is 12.7. The van der Waals surface area contributed by atoms with E-state index in [9.17, 15) is 45.7 Å². The van der Waals surface area contributed by atoms with Gasteiger partial charge in [-0.2, -0.15) is 37.3 Å². The number of benzene rings is 6. The van der Waals surface area contributed by atoms with Crippen molar-refractivity contribution in [1.29, 1.82) is 0 Å². The first kappa shape index (κ1) is 50.7. The van der Waals surface area contributed by atoms with Gasteiger partial charge >= 0.3 is 101 Å². The molecule has 0 fully saturated rings. The van der Waals surface area contributed by atoms with Gasteiger partial charge in [0.25, 0.3) is 20.2 Å². The number of carbonyl (C=O) groups is 2. The molecule has 2 amide bonds. The molecule has 0 aliphatic rings. The van der Waals surface area contributed by atoms with Gasteiger partial charge in [0.05, 0.1) is 33.8 Å². The van der Waals surface area contributed by atoms with Crippen molar-refractivity contribution >= 4 is 94.2 Å². The molecule has 20 nitrogen and oxygen atoms in total. The van der Waals surface area contributed by atoms with E-state index in [0.29, 0.717) is 17.1 Å². The van der Waals surface area contributed by atoms with Gasteiger partial charge in [-0.3, -0.25) is 9.11 Å². The van der Waals surface area contributed by atoms with Crippen LogP contribution >= 0.6 is 0 Å². The molecule has 25 heteroatoms. The fraction of sp³-hybridized carbons (Fsp3) is 0. The van der Waals surface area contributed by atoms with Gasteiger partial charge in [0, 0.05) is 11.4 Å². The van der Waals surface area contributed by atoms with E-state index in [1.165, 1.54) is 48.5 Å². The van der Waals surface area contributed by atoms with Crippen molar-refractivity contribution < 1.29 is 140 Å². The molecule has 294 valence electrons. The van der Waals surface area contributed by atoms with Gasteiger partial charge in [0.1, 0.15) is 32.5 Å². The van der Waals surface area contributed by atoms with E-state index in [1.807, 2.05) is 0 Å². The number of nitrogens with one attached hydrogen (secondary N) is 2. The normalized spacial score (nSPS) is 11.5. The van der Waals surface area contributed by atoms with Gasteiger partial charge in [-0.15, -0.1) is 10.2 Å². The van der Waals surface area contributed by atoms with Gasteiger partial charge in [0.15, 0.2) is 5.75 Å². The Hall–Kier alpha value is -4.66. The van der Waals surface area contributed by atoms with Crippen LogP contribution in [-0.2, 0) is 20.2 Å². The van der Waals surface area contributed by atoms with Gasteiger partial charge in [-0.25, -0.2) is 9.59 Å². The summed E-state index contributed by atoms with van der Waals surface area (Å²) in [5.41, 5.74) is 5.67. The molecule has 0 saturated carbocycles. The fourth-order valence-corrected chi connectivity index (χ4v) is 6.53. The number of anilines is 3. The first-order chi connectivity index (χ1) is 27.5. The monoisotopic (exact) mass is 894 g/mol. The first-order valence-electron chi connectivity index (χ1n) is 16.2. The zero-order chi connectivity index (χ0) is 41.8. The molecule has 0 radical (unpaired) electrons. The van der Waals surface area contributed by atoms with E-state index >= 15 is 0 Å². The number of carbonyl (C=O) groups excluding carboxylic acids is 1. The van der Waals surface area contributed by atoms with E-state index in [4.69, 9.17) is 10.8 Å². The minimum absolute atomic E-state index is 0. The number of azo groups is 3. The Morgan fingerprint density at radius 3 is 1.48 bits per heavy atom. The second-order valence-electron chi connectivity index (χ2n) is 11.9. The smallest absolute Gasteiger partial charge is 0.507 e. The predicted octanol–water partition coefficient (Wildman–Crippen LogP) is -0.0730. The molecule has 9 N–H and O–H groups in total. The second-order valence-corrected chi connectivity index (χ2v) is 14.7. The number of hydrogen-bond donors (Lipinski definition) is 8. The number of urea groups is 1. The molecular weight excluding hydrogens is 868 g/mol. The van der Waals surface area contributed by atoms with Crippen molar-refractivity contribution in [2.75, 3.05) is 16.4 Å². The number of aromatic hydroxyl groups is 2.